The lowest BCUT2D eigenvalue weighted by Crippen LogP contribution is -2.44. The molecule has 0 saturated carbocycles. The zero-order valence-corrected chi connectivity index (χ0v) is 16.9. The average Bonchev–Trinajstić information content (AvgIpc) is 3.18. The predicted molar refractivity (Wildman–Crippen MR) is 118 cm³/mol. The quantitative estimate of drug-likeness (QED) is 0.533. The Morgan fingerprint density at radius 2 is 1.66 bits per heavy atom. The van der Waals surface area contributed by atoms with Crippen LogP contribution in [0.5, 0.6) is 0 Å². The third kappa shape index (κ3) is 3.38. The molecule has 0 atom stereocenters. The summed E-state index contributed by atoms with van der Waals surface area (Å²) < 4.78 is 2.14. The Labute approximate surface area is 171 Å². The van der Waals surface area contributed by atoms with Crippen molar-refractivity contribution in [3.05, 3.63) is 72.8 Å². The fourth-order valence-electron chi connectivity index (χ4n) is 4.05. The van der Waals surface area contributed by atoms with Crippen LogP contribution in [0.1, 0.15) is 5.56 Å². The second kappa shape index (κ2) is 7.33. The predicted octanol–water partition coefficient (Wildman–Crippen LogP) is 4.12. The Balaban J connectivity index is 1.43. The van der Waals surface area contributed by atoms with Crippen LogP contribution in [-0.4, -0.2) is 52.5 Å². The summed E-state index contributed by atoms with van der Waals surface area (Å²) in [4.78, 5) is 13.7. The summed E-state index contributed by atoms with van der Waals surface area (Å²) in [5, 5.41) is 0. The second-order valence-electron chi connectivity index (χ2n) is 7.81. The van der Waals surface area contributed by atoms with Crippen molar-refractivity contribution in [2.24, 2.45) is 0 Å². The van der Waals surface area contributed by atoms with Crippen molar-refractivity contribution in [1.29, 1.82) is 0 Å². The van der Waals surface area contributed by atoms with E-state index in [-0.39, 0.29) is 0 Å². The number of piperazine rings is 1. The van der Waals surface area contributed by atoms with Gasteiger partial charge in [0.15, 0.2) is 0 Å². The fourth-order valence-corrected chi connectivity index (χ4v) is 4.05. The largest absolute Gasteiger partial charge is 0.369 e. The number of aryl methyl sites for hydroxylation is 1. The number of nitrogens with zero attached hydrogens (tertiary/aromatic N) is 5. The van der Waals surface area contributed by atoms with Gasteiger partial charge in [0.2, 0.25) is 0 Å². The van der Waals surface area contributed by atoms with Gasteiger partial charge >= 0.3 is 0 Å². The van der Waals surface area contributed by atoms with Crippen molar-refractivity contribution in [2.45, 2.75) is 6.92 Å². The molecular formula is C24H25N5. The monoisotopic (exact) mass is 383 g/mol. The van der Waals surface area contributed by atoms with Gasteiger partial charge in [-0.1, -0.05) is 12.1 Å². The van der Waals surface area contributed by atoms with E-state index in [1.165, 1.54) is 16.8 Å². The van der Waals surface area contributed by atoms with E-state index in [1.807, 2.05) is 24.7 Å². The Kier molecular flexibility index (Phi) is 4.52. The standard InChI is InChI=1S/C24H25N5/c1-18-16-25-9-7-22(18)23-17-26-24-15-20(8-10-29(23)24)19-3-5-21(6-4-19)28-13-11-27(2)12-14-28/h3-10,15-17H,11-14H2,1-2H3. The number of benzene rings is 1. The van der Waals surface area contributed by atoms with E-state index in [2.05, 4.69) is 80.7 Å². The summed E-state index contributed by atoms with van der Waals surface area (Å²) in [6, 6.07) is 15.3. The maximum absolute atomic E-state index is 4.65. The highest BCUT2D eigenvalue weighted by atomic mass is 15.2. The van der Waals surface area contributed by atoms with Gasteiger partial charge in [-0.15, -0.1) is 0 Å². The second-order valence-corrected chi connectivity index (χ2v) is 7.81. The number of aromatic nitrogens is 3. The highest BCUT2D eigenvalue weighted by Crippen LogP contribution is 2.28. The van der Waals surface area contributed by atoms with E-state index in [1.54, 1.807) is 0 Å². The van der Waals surface area contributed by atoms with Crippen LogP contribution in [0.2, 0.25) is 0 Å². The lowest BCUT2D eigenvalue weighted by Gasteiger charge is -2.34. The van der Waals surface area contributed by atoms with Gasteiger partial charge in [-0.2, -0.15) is 0 Å². The molecule has 4 heterocycles. The van der Waals surface area contributed by atoms with Crippen LogP contribution in [-0.2, 0) is 0 Å². The summed E-state index contributed by atoms with van der Waals surface area (Å²) in [7, 11) is 2.19. The first-order valence-electron chi connectivity index (χ1n) is 10.1. The smallest absolute Gasteiger partial charge is 0.137 e. The molecule has 1 fully saturated rings. The minimum absolute atomic E-state index is 0.955. The molecule has 1 aromatic carbocycles. The van der Waals surface area contributed by atoms with E-state index in [4.69, 9.17) is 0 Å². The Hall–Kier alpha value is -3.18. The minimum Gasteiger partial charge on any atom is -0.369 e. The van der Waals surface area contributed by atoms with Gasteiger partial charge in [0.1, 0.15) is 5.65 Å². The molecule has 1 saturated heterocycles. The molecule has 0 aliphatic carbocycles. The van der Waals surface area contributed by atoms with E-state index in [0.29, 0.717) is 0 Å². The van der Waals surface area contributed by atoms with Crippen molar-refractivity contribution in [1.82, 2.24) is 19.3 Å². The van der Waals surface area contributed by atoms with Crippen LogP contribution in [0, 0.1) is 6.92 Å². The van der Waals surface area contributed by atoms with Crippen LogP contribution in [0.4, 0.5) is 5.69 Å². The summed E-state index contributed by atoms with van der Waals surface area (Å²) in [5.74, 6) is 0. The van der Waals surface area contributed by atoms with Crippen molar-refractivity contribution < 1.29 is 0 Å². The normalized spacial score (nSPS) is 15.2. The molecule has 29 heavy (non-hydrogen) atoms. The van der Waals surface area contributed by atoms with E-state index in [9.17, 15) is 0 Å². The lowest BCUT2D eigenvalue weighted by atomic mass is 10.1. The van der Waals surface area contributed by atoms with Crippen LogP contribution in [0.25, 0.3) is 28.0 Å². The molecule has 5 heteroatoms. The molecule has 5 rings (SSSR count). The zero-order valence-electron chi connectivity index (χ0n) is 16.9. The molecule has 4 aromatic rings. The van der Waals surface area contributed by atoms with Crippen molar-refractivity contribution in [2.75, 3.05) is 38.1 Å². The van der Waals surface area contributed by atoms with Gasteiger partial charge in [-0.3, -0.25) is 9.38 Å². The molecule has 0 bridgehead atoms. The van der Waals surface area contributed by atoms with Gasteiger partial charge in [0.25, 0.3) is 0 Å². The number of rotatable bonds is 3. The summed E-state index contributed by atoms with van der Waals surface area (Å²) in [5.41, 5.74) is 8.07. The van der Waals surface area contributed by atoms with Gasteiger partial charge in [-0.05, 0) is 61.0 Å². The number of hydrogen-bond acceptors (Lipinski definition) is 4. The van der Waals surface area contributed by atoms with E-state index < -0.39 is 0 Å². The summed E-state index contributed by atoms with van der Waals surface area (Å²) >= 11 is 0. The van der Waals surface area contributed by atoms with Gasteiger partial charge < -0.3 is 9.80 Å². The van der Waals surface area contributed by atoms with Crippen LogP contribution < -0.4 is 4.90 Å². The highest BCUT2D eigenvalue weighted by molar-refractivity contribution is 5.72. The molecule has 3 aromatic heterocycles. The Morgan fingerprint density at radius 3 is 2.41 bits per heavy atom. The fraction of sp³-hybridized carbons (Fsp3) is 0.250. The molecule has 5 nitrogen and oxygen atoms in total. The topological polar surface area (TPSA) is 36.7 Å². The van der Waals surface area contributed by atoms with Crippen molar-refractivity contribution >= 4 is 11.3 Å². The molecule has 0 radical (unpaired) electrons. The first-order chi connectivity index (χ1) is 14.2. The van der Waals surface area contributed by atoms with Crippen molar-refractivity contribution in [3.8, 4) is 22.4 Å². The van der Waals surface area contributed by atoms with E-state index >= 15 is 0 Å². The SMILES string of the molecule is Cc1cnccc1-c1cnc2cc(-c3ccc(N4CCN(C)CC4)cc3)ccn12. The number of anilines is 1. The number of fused-ring (bicyclic) bond motifs is 1. The van der Waals surface area contributed by atoms with Crippen LogP contribution >= 0.6 is 0 Å². The van der Waals surface area contributed by atoms with E-state index in [0.717, 1.165) is 48.6 Å². The third-order valence-electron chi connectivity index (χ3n) is 5.88. The molecular weight excluding hydrogens is 358 g/mol. The highest BCUT2D eigenvalue weighted by Gasteiger charge is 2.14. The zero-order chi connectivity index (χ0) is 19.8. The van der Waals surface area contributed by atoms with Crippen LogP contribution in [0.15, 0.2) is 67.3 Å². The summed E-state index contributed by atoms with van der Waals surface area (Å²) in [6.07, 6.45) is 7.78. The van der Waals surface area contributed by atoms with Crippen LogP contribution in [0.3, 0.4) is 0 Å². The Bertz CT molecular complexity index is 1140. The van der Waals surface area contributed by atoms with Gasteiger partial charge in [-0.25, -0.2) is 4.98 Å². The lowest BCUT2D eigenvalue weighted by molar-refractivity contribution is 0.313. The molecule has 0 spiro atoms. The molecule has 0 N–H and O–H groups in total. The number of hydrogen-bond donors (Lipinski definition) is 0. The Morgan fingerprint density at radius 1 is 0.862 bits per heavy atom. The minimum atomic E-state index is 0.955. The maximum atomic E-state index is 4.65. The molecule has 0 amide bonds. The summed E-state index contributed by atoms with van der Waals surface area (Å²) in [6.45, 7) is 6.51. The van der Waals surface area contributed by atoms with Gasteiger partial charge in [0.05, 0.1) is 11.9 Å². The first-order valence-corrected chi connectivity index (χ1v) is 10.1. The molecule has 0 unspecified atom stereocenters. The first kappa shape index (κ1) is 17.9. The molecule has 146 valence electrons. The van der Waals surface area contributed by atoms with Crippen molar-refractivity contribution in [3.63, 3.8) is 0 Å². The number of imidazole rings is 1. The molecule has 1 aliphatic rings. The maximum Gasteiger partial charge on any atom is 0.137 e. The third-order valence-corrected chi connectivity index (χ3v) is 5.88. The number of pyridine rings is 2. The molecule has 1 aliphatic heterocycles. The number of likely N-dealkylation sites (N-methyl/N-ethyl adjacent to an activating group) is 1. The average molecular weight is 383 g/mol. The van der Waals surface area contributed by atoms with Gasteiger partial charge in [0, 0.05) is 56.0 Å².